The summed E-state index contributed by atoms with van der Waals surface area (Å²) in [4.78, 5) is 72.2. The Morgan fingerprint density at radius 1 is 0.307 bits per heavy atom. The van der Waals surface area contributed by atoms with Gasteiger partial charge in [0.2, 0.25) is 0 Å². The summed E-state index contributed by atoms with van der Waals surface area (Å²) in [6.45, 7) is 7.13. The summed E-state index contributed by atoms with van der Waals surface area (Å²) in [5.41, 5.74) is 0. The van der Waals surface area contributed by atoms with Crippen LogP contribution in [0.15, 0.2) is 0 Å². The maximum absolute atomic E-state index is 13.0. The summed E-state index contributed by atoms with van der Waals surface area (Å²) in [5, 5.41) is 10.5. The average molecular weight is 1300 g/mol. The van der Waals surface area contributed by atoms with Gasteiger partial charge >= 0.3 is 39.5 Å². The first-order chi connectivity index (χ1) is 42.5. The molecule has 0 radical (unpaired) electrons. The molecule has 0 spiro atoms. The molecule has 88 heavy (non-hydrogen) atoms. The number of esters is 4. The normalized spacial score (nSPS) is 14.1. The molecule has 0 rings (SSSR count). The number of unbranched alkanes of at least 4 members (excludes halogenated alkanes) is 41. The van der Waals surface area contributed by atoms with Gasteiger partial charge in [-0.2, -0.15) is 0 Å². The van der Waals surface area contributed by atoms with Gasteiger partial charge in [0.05, 0.1) is 26.4 Å². The van der Waals surface area contributed by atoms with Crippen molar-refractivity contribution in [2.45, 2.75) is 374 Å². The zero-order chi connectivity index (χ0) is 64.9. The van der Waals surface area contributed by atoms with Gasteiger partial charge in [0, 0.05) is 25.7 Å². The Morgan fingerprint density at radius 3 is 0.773 bits per heavy atom. The second kappa shape index (κ2) is 62.5. The van der Waals surface area contributed by atoms with E-state index in [2.05, 4.69) is 34.6 Å². The number of aliphatic hydroxyl groups is 1. The molecule has 522 valence electrons. The van der Waals surface area contributed by atoms with Crippen LogP contribution < -0.4 is 0 Å². The van der Waals surface area contributed by atoms with Crippen LogP contribution in [0.1, 0.15) is 356 Å². The van der Waals surface area contributed by atoms with Gasteiger partial charge in [-0.1, -0.05) is 304 Å². The minimum atomic E-state index is -4.95. The maximum atomic E-state index is 13.0. The first kappa shape index (κ1) is 86.1. The van der Waals surface area contributed by atoms with Crippen LogP contribution in [0, 0.1) is 5.92 Å². The van der Waals surface area contributed by atoms with Gasteiger partial charge in [0.25, 0.3) is 0 Å². The fraction of sp³-hybridized carbons (Fsp3) is 0.942. The molecule has 0 aliphatic carbocycles. The van der Waals surface area contributed by atoms with Crippen LogP contribution in [0.3, 0.4) is 0 Å². The van der Waals surface area contributed by atoms with Crippen molar-refractivity contribution in [3.05, 3.63) is 0 Å². The Kier molecular flexibility index (Phi) is 61.1. The van der Waals surface area contributed by atoms with Crippen LogP contribution in [0.5, 0.6) is 0 Å². The van der Waals surface area contributed by atoms with Gasteiger partial charge in [-0.25, -0.2) is 9.13 Å². The second-order valence-corrected chi connectivity index (χ2v) is 28.3. The van der Waals surface area contributed by atoms with Crippen molar-refractivity contribution in [2.24, 2.45) is 5.92 Å². The largest absolute Gasteiger partial charge is 0.472 e. The number of carbonyl (C=O) groups excluding carboxylic acids is 4. The van der Waals surface area contributed by atoms with E-state index in [0.717, 1.165) is 102 Å². The second-order valence-electron chi connectivity index (χ2n) is 25.4. The van der Waals surface area contributed by atoms with Crippen LogP contribution in [0.25, 0.3) is 0 Å². The summed E-state index contributed by atoms with van der Waals surface area (Å²) in [6, 6.07) is 0. The zero-order valence-electron chi connectivity index (χ0n) is 56.9. The van der Waals surface area contributed by atoms with E-state index in [0.29, 0.717) is 25.7 Å². The Balaban J connectivity index is 5.11. The molecule has 17 nitrogen and oxygen atoms in total. The standard InChI is InChI=1S/C69H134O17P2/c1-6-9-12-15-17-19-21-22-23-24-25-26-27-28-29-31-35-40-45-50-55-69(74)86-65(59-80-67(72)53-48-43-38-36-32-33-37-42-46-51-62(4)5)61-84-88(77,78)82-57-63(70)56-81-87(75,76)83-60-64(58-79-66(71)52-47-41-14-11-8-3)85-68(73)54-49-44-39-34-30-20-18-16-13-10-7-2/h62-65,70H,6-61H2,1-5H3,(H,75,76)(H,77,78)/t63-,64+,65+/m0/s1. The molecule has 2 unspecified atom stereocenters. The molecule has 0 heterocycles. The molecule has 0 aromatic carbocycles. The fourth-order valence-corrected chi connectivity index (χ4v) is 12.0. The molecule has 19 heteroatoms. The summed E-state index contributed by atoms with van der Waals surface area (Å²) in [7, 11) is -9.89. The Labute approximate surface area is 537 Å². The predicted octanol–water partition coefficient (Wildman–Crippen LogP) is 19.7. The molecule has 0 bridgehead atoms. The van der Waals surface area contributed by atoms with E-state index in [-0.39, 0.29) is 25.7 Å². The Bertz CT molecular complexity index is 1700. The number of hydrogen-bond acceptors (Lipinski definition) is 15. The molecule has 0 saturated carbocycles. The summed E-state index contributed by atoms with van der Waals surface area (Å²) >= 11 is 0. The first-order valence-corrected chi connectivity index (χ1v) is 39.1. The van der Waals surface area contributed by atoms with E-state index < -0.39 is 97.5 Å². The van der Waals surface area contributed by atoms with Gasteiger partial charge in [-0.05, 0) is 31.6 Å². The smallest absolute Gasteiger partial charge is 0.462 e. The molecule has 0 aliphatic heterocycles. The lowest BCUT2D eigenvalue weighted by molar-refractivity contribution is -0.161. The predicted molar refractivity (Wildman–Crippen MR) is 354 cm³/mol. The SMILES string of the molecule is CCCCCCCCCCCCCCCCCCCCCCC(=O)O[C@H](COC(=O)CCCCCCCCCCCC(C)C)COP(=O)(O)OC[C@@H](O)COP(=O)(O)OC[C@@H](COC(=O)CCCCCCC)OC(=O)CCCCCCCCCCCCC. The molecule has 0 aromatic heterocycles. The van der Waals surface area contributed by atoms with E-state index in [1.807, 2.05) is 0 Å². The van der Waals surface area contributed by atoms with Gasteiger partial charge < -0.3 is 33.8 Å². The van der Waals surface area contributed by atoms with Gasteiger partial charge in [0.1, 0.15) is 19.3 Å². The highest BCUT2D eigenvalue weighted by atomic mass is 31.2. The van der Waals surface area contributed by atoms with Crippen molar-refractivity contribution in [1.29, 1.82) is 0 Å². The molecule has 0 fully saturated rings. The van der Waals surface area contributed by atoms with Gasteiger partial charge in [-0.15, -0.1) is 0 Å². The number of phosphoric acid groups is 2. The van der Waals surface area contributed by atoms with E-state index >= 15 is 0 Å². The van der Waals surface area contributed by atoms with Crippen molar-refractivity contribution < 1.29 is 80.2 Å². The van der Waals surface area contributed by atoms with Gasteiger partial charge in [0.15, 0.2) is 12.2 Å². The van der Waals surface area contributed by atoms with Crippen LogP contribution in [-0.2, 0) is 65.4 Å². The van der Waals surface area contributed by atoms with Gasteiger partial charge in [-0.3, -0.25) is 37.3 Å². The van der Waals surface area contributed by atoms with Crippen molar-refractivity contribution >= 4 is 39.5 Å². The van der Waals surface area contributed by atoms with E-state index in [1.165, 1.54) is 173 Å². The molecule has 0 saturated heterocycles. The van der Waals surface area contributed by atoms with E-state index in [4.69, 9.17) is 37.0 Å². The molecular weight excluding hydrogens is 1160 g/mol. The average Bonchev–Trinajstić information content (AvgIpc) is 3.63. The Morgan fingerprint density at radius 2 is 0.523 bits per heavy atom. The lowest BCUT2D eigenvalue weighted by atomic mass is 10.0. The molecular formula is C69H134O17P2. The molecule has 3 N–H and O–H groups in total. The molecule has 0 amide bonds. The molecule has 0 aromatic rings. The number of carbonyl (C=O) groups is 4. The molecule has 5 atom stereocenters. The summed E-state index contributed by atoms with van der Waals surface area (Å²) < 4.78 is 68.0. The Hall–Kier alpha value is -1.94. The highest BCUT2D eigenvalue weighted by Crippen LogP contribution is 2.45. The quantitative estimate of drug-likeness (QED) is 0.0222. The monoisotopic (exact) mass is 1300 g/mol. The topological polar surface area (TPSA) is 237 Å². The first-order valence-electron chi connectivity index (χ1n) is 36.1. The zero-order valence-corrected chi connectivity index (χ0v) is 58.6. The molecule has 0 aliphatic rings. The lowest BCUT2D eigenvalue weighted by Crippen LogP contribution is -2.30. The summed E-state index contributed by atoms with van der Waals surface area (Å²) in [5.74, 6) is -1.39. The van der Waals surface area contributed by atoms with Crippen LogP contribution >= 0.6 is 15.6 Å². The minimum Gasteiger partial charge on any atom is -0.462 e. The van der Waals surface area contributed by atoms with Crippen LogP contribution in [0.4, 0.5) is 0 Å². The van der Waals surface area contributed by atoms with Crippen molar-refractivity contribution in [3.63, 3.8) is 0 Å². The number of hydrogen-bond donors (Lipinski definition) is 3. The number of rotatable bonds is 69. The maximum Gasteiger partial charge on any atom is 0.472 e. The third-order valence-corrected chi connectivity index (χ3v) is 17.9. The van der Waals surface area contributed by atoms with E-state index in [9.17, 15) is 43.2 Å². The third-order valence-electron chi connectivity index (χ3n) is 16.0. The van der Waals surface area contributed by atoms with Crippen molar-refractivity contribution in [1.82, 2.24) is 0 Å². The third kappa shape index (κ3) is 62.8. The van der Waals surface area contributed by atoms with Crippen molar-refractivity contribution in [3.8, 4) is 0 Å². The highest BCUT2D eigenvalue weighted by molar-refractivity contribution is 7.47. The minimum absolute atomic E-state index is 0.106. The lowest BCUT2D eigenvalue weighted by Gasteiger charge is -2.21. The highest BCUT2D eigenvalue weighted by Gasteiger charge is 2.30. The number of ether oxygens (including phenoxy) is 4. The van der Waals surface area contributed by atoms with Crippen LogP contribution in [0.2, 0.25) is 0 Å². The fourth-order valence-electron chi connectivity index (χ4n) is 10.5. The van der Waals surface area contributed by atoms with Crippen LogP contribution in [-0.4, -0.2) is 96.7 Å². The number of phosphoric ester groups is 2. The summed E-state index contributed by atoms with van der Waals surface area (Å²) in [6.07, 6.45) is 49.1. The van der Waals surface area contributed by atoms with E-state index in [1.54, 1.807) is 0 Å². The number of aliphatic hydroxyl groups excluding tert-OH is 1. The van der Waals surface area contributed by atoms with Crippen molar-refractivity contribution in [2.75, 3.05) is 39.6 Å².